The van der Waals surface area contributed by atoms with E-state index in [1.165, 1.54) is 44.6 Å². The quantitative estimate of drug-likeness (QED) is 0.358. The van der Waals surface area contributed by atoms with E-state index < -0.39 is 5.97 Å². The smallest absolute Gasteiger partial charge is 0.342 e. The molecule has 0 spiro atoms. The largest absolute Gasteiger partial charge is 0.477 e. The van der Waals surface area contributed by atoms with Gasteiger partial charge in [0.2, 0.25) is 0 Å². The molecular formula is C18H23BrO2. The Morgan fingerprint density at radius 1 is 1.14 bits per heavy atom. The summed E-state index contributed by atoms with van der Waals surface area (Å²) in [6.07, 6.45) is 14.7. The Kier molecular flexibility index (Phi) is 13.9. The van der Waals surface area contributed by atoms with Gasteiger partial charge in [0, 0.05) is 6.42 Å². The summed E-state index contributed by atoms with van der Waals surface area (Å²) in [5, 5.41) is 8.59. The fourth-order valence-corrected chi connectivity index (χ4v) is 1.75. The van der Waals surface area contributed by atoms with Crippen LogP contribution in [0.4, 0.5) is 0 Å². The van der Waals surface area contributed by atoms with Crippen molar-refractivity contribution in [3.05, 3.63) is 22.7 Å². The van der Waals surface area contributed by atoms with E-state index in [0.29, 0.717) is 6.42 Å². The molecule has 114 valence electrons. The summed E-state index contributed by atoms with van der Waals surface area (Å²) in [4.78, 5) is 10.5. The Balaban J connectivity index is 3.67. The molecule has 0 aliphatic carbocycles. The van der Waals surface area contributed by atoms with Crippen LogP contribution in [0.1, 0.15) is 58.3 Å². The van der Waals surface area contributed by atoms with E-state index in [4.69, 9.17) is 5.11 Å². The second-order valence-electron chi connectivity index (χ2n) is 4.59. The number of carbonyl (C=O) groups is 1. The number of carboxylic acid groups (broad SMARTS) is 1. The van der Waals surface area contributed by atoms with Crippen LogP contribution in [0.2, 0.25) is 0 Å². The molecule has 0 aromatic heterocycles. The number of hydrogen-bond acceptors (Lipinski definition) is 1. The second kappa shape index (κ2) is 14.9. The Morgan fingerprint density at radius 2 is 1.86 bits per heavy atom. The summed E-state index contributed by atoms with van der Waals surface area (Å²) in [6.45, 7) is 2.23. The molecule has 3 heteroatoms. The fourth-order valence-electron chi connectivity index (χ4n) is 1.59. The Hall–Kier alpha value is -1.45. The highest BCUT2D eigenvalue weighted by molar-refractivity contribution is 9.12. The van der Waals surface area contributed by atoms with Gasteiger partial charge in [0.25, 0.3) is 0 Å². The van der Waals surface area contributed by atoms with Gasteiger partial charge >= 0.3 is 5.97 Å². The third-order valence-electron chi connectivity index (χ3n) is 2.74. The average Bonchev–Trinajstić information content (AvgIpc) is 2.47. The molecule has 2 nitrogen and oxygen atoms in total. The molecule has 21 heavy (non-hydrogen) atoms. The minimum absolute atomic E-state index is 0.128. The van der Waals surface area contributed by atoms with Gasteiger partial charge in [0.05, 0.1) is 4.48 Å². The molecule has 0 fully saturated rings. The predicted octanol–water partition coefficient (Wildman–Crippen LogP) is 5.05. The monoisotopic (exact) mass is 350 g/mol. The molecular weight excluding hydrogens is 328 g/mol. The fraction of sp³-hybridized carbons (Fsp3) is 0.500. The van der Waals surface area contributed by atoms with E-state index in [1.807, 2.05) is 6.08 Å². The lowest BCUT2D eigenvalue weighted by Gasteiger charge is -1.96. The molecule has 0 unspecified atom stereocenters. The maximum atomic E-state index is 10.5. The number of hydrogen-bond donors (Lipinski definition) is 1. The van der Waals surface area contributed by atoms with Gasteiger partial charge in [-0.25, -0.2) is 4.79 Å². The first-order chi connectivity index (χ1) is 10.2. The molecule has 0 saturated heterocycles. The van der Waals surface area contributed by atoms with E-state index in [2.05, 4.69) is 52.6 Å². The summed E-state index contributed by atoms with van der Waals surface area (Å²) in [7, 11) is 0. The second-order valence-corrected chi connectivity index (χ2v) is 5.45. The van der Waals surface area contributed by atoms with Crippen molar-refractivity contribution in [2.24, 2.45) is 0 Å². The van der Waals surface area contributed by atoms with E-state index >= 15 is 0 Å². The minimum Gasteiger partial charge on any atom is -0.477 e. The van der Waals surface area contributed by atoms with Crippen molar-refractivity contribution >= 4 is 21.9 Å². The number of halogens is 1. The first-order valence-corrected chi connectivity index (χ1v) is 8.20. The standard InChI is InChI=1S/C18H23BrO2/c1-2-3-4-5-6-7-8-9-10-11-12-13-14-15-16-17(19)18(20)21/h9-10,16H,2-8,15H2,1H3,(H,20,21). The molecule has 0 aromatic carbocycles. The molecule has 0 aromatic rings. The van der Waals surface area contributed by atoms with E-state index in [-0.39, 0.29) is 4.48 Å². The van der Waals surface area contributed by atoms with Crippen molar-refractivity contribution < 1.29 is 9.90 Å². The van der Waals surface area contributed by atoms with Gasteiger partial charge in [-0.3, -0.25) is 0 Å². The summed E-state index contributed by atoms with van der Waals surface area (Å²) >= 11 is 2.93. The Bertz CT molecular complexity index is 467. The maximum Gasteiger partial charge on any atom is 0.342 e. The van der Waals surface area contributed by atoms with Gasteiger partial charge in [-0.2, -0.15) is 0 Å². The summed E-state index contributed by atoms with van der Waals surface area (Å²) in [6, 6.07) is 0. The molecule has 0 heterocycles. The predicted molar refractivity (Wildman–Crippen MR) is 91.9 cm³/mol. The summed E-state index contributed by atoms with van der Waals surface area (Å²) in [5.74, 6) is 10.0. The van der Waals surface area contributed by atoms with Crippen molar-refractivity contribution in [3.8, 4) is 23.7 Å². The third-order valence-corrected chi connectivity index (χ3v) is 3.40. The van der Waals surface area contributed by atoms with Crippen LogP contribution in [-0.4, -0.2) is 11.1 Å². The molecule has 0 radical (unpaired) electrons. The van der Waals surface area contributed by atoms with Crippen LogP contribution in [0.25, 0.3) is 0 Å². The highest BCUT2D eigenvalue weighted by atomic mass is 79.9. The van der Waals surface area contributed by atoms with Gasteiger partial charge in [-0.15, -0.1) is 0 Å². The van der Waals surface area contributed by atoms with Crippen LogP contribution in [0.3, 0.4) is 0 Å². The van der Waals surface area contributed by atoms with Crippen LogP contribution in [-0.2, 0) is 4.79 Å². The number of aliphatic carboxylic acids is 1. The highest BCUT2D eigenvalue weighted by Gasteiger charge is 1.98. The molecule has 0 amide bonds. The lowest BCUT2D eigenvalue weighted by molar-refractivity contribution is -0.131. The maximum absolute atomic E-state index is 10.5. The lowest BCUT2D eigenvalue weighted by Crippen LogP contribution is -1.92. The normalized spacial score (nSPS) is 10.7. The van der Waals surface area contributed by atoms with E-state index in [0.717, 1.165) is 6.42 Å². The molecule has 0 aliphatic rings. The lowest BCUT2D eigenvalue weighted by atomic mass is 10.1. The van der Waals surface area contributed by atoms with Gasteiger partial charge in [0.15, 0.2) is 0 Å². The Morgan fingerprint density at radius 3 is 2.57 bits per heavy atom. The zero-order valence-electron chi connectivity index (χ0n) is 12.6. The molecule has 0 atom stereocenters. The highest BCUT2D eigenvalue weighted by Crippen LogP contribution is 2.07. The van der Waals surface area contributed by atoms with Gasteiger partial charge in [-0.05, 0) is 46.7 Å². The Labute approximate surface area is 136 Å². The summed E-state index contributed by atoms with van der Waals surface area (Å²) < 4.78 is 0.128. The van der Waals surface area contributed by atoms with Gasteiger partial charge < -0.3 is 5.11 Å². The molecule has 0 rings (SSSR count). The van der Waals surface area contributed by atoms with Crippen molar-refractivity contribution in [1.82, 2.24) is 0 Å². The van der Waals surface area contributed by atoms with Gasteiger partial charge in [0.1, 0.15) is 0 Å². The molecule has 1 N–H and O–H groups in total. The summed E-state index contributed by atoms with van der Waals surface area (Å²) in [5.41, 5.74) is 0. The van der Waals surface area contributed by atoms with Crippen LogP contribution in [0.15, 0.2) is 22.7 Å². The van der Waals surface area contributed by atoms with Crippen molar-refractivity contribution in [2.45, 2.75) is 58.3 Å². The van der Waals surface area contributed by atoms with E-state index in [9.17, 15) is 4.79 Å². The molecule has 0 bridgehead atoms. The molecule has 0 saturated carbocycles. The van der Waals surface area contributed by atoms with Crippen molar-refractivity contribution in [3.63, 3.8) is 0 Å². The number of rotatable bonds is 9. The van der Waals surface area contributed by atoms with Crippen molar-refractivity contribution in [1.29, 1.82) is 0 Å². The first-order valence-electron chi connectivity index (χ1n) is 7.40. The topological polar surface area (TPSA) is 37.3 Å². The number of unbranched alkanes of at least 4 members (excludes halogenated alkanes) is 6. The van der Waals surface area contributed by atoms with Crippen LogP contribution in [0.5, 0.6) is 0 Å². The first kappa shape index (κ1) is 19.6. The zero-order chi connectivity index (χ0) is 15.8. The number of carboxylic acids is 1. The van der Waals surface area contributed by atoms with Crippen LogP contribution >= 0.6 is 15.9 Å². The van der Waals surface area contributed by atoms with Crippen LogP contribution < -0.4 is 0 Å². The van der Waals surface area contributed by atoms with Crippen LogP contribution in [0, 0.1) is 23.7 Å². The SMILES string of the molecule is CCCCCCCCC=CC#CC#CCC=C(Br)C(=O)O. The van der Waals surface area contributed by atoms with Gasteiger partial charge in [-0.1, -0.05) is 63.0 Å². The minimum atomic E-state index is -0.986. The van der Waals surface area contributed by atoms with E-state index in [1.54, 1.807) is 0 Å². The van der Waals surface area contributed by atoms with Crippen molar-refractivity contribution in [2.75, 3.05) is 0 Å². The third kappa shape index (κ3) is 14.8. The molecule has 0 aliphatic heterocycles. The number of allylic oxidation sites excluding steroid dienone is 3. The zero-order valence-corrected chi connectivity index (χ0v) is 14.2. The average molecular weight is 351 g/mol.